The van der Waals surface area contributed by atoms with Crippen molar-refractivity contribution in [3.05, 3.63) is 71.6 Å². The number of ether oxygens (including phenoxy) is 1. The number of nitrogens with zero attached hydrogens (tertiary/aromatic N) is 1. The van der Waals surface area contributed by atoms with Crippen molar-refractivity contribution < 1.29 is 28.6 Å². The third-order valence-electron chi connectivity index (χ3n) is 7.33. The predicted molar refractivity (Wildman–Crippen MR) is 153 cm³/mol. The molecule has 3 amide bonds. The van der Waals surface area contributed by atoms with Gasteiger partial charge in [-0.05, 0) is 56.4 Å². The number of fused-ring (bicyclic) bond motifs is 1. The van der Waals surface area contributed by atoms with E-state index in [0.29, 0.717) is 24.5 Å². The van der Waals surface area contributed by atoms with Crippen molar-refractivity contribution in [3.8, 4) is 5.75 Å². The summed E-state index contributed by atoms with van der Waals surface area (Å²) in [6.07, 6.45) is 5.47. The molecule has 1 aliphatic carbocycles. The van der Waals surface area contributed by atoms with Crippen LogP contribution in [0.15, 0.2) is 54.6 Å². The van der Waals surface area contributed by atoms with Gasteiger partial charge in [0.15, 0.2) is 0 Å². The molecule has 0 aromatic heterocycles. The van der Waals surface area contributed by atoms with Crippen LogP contribution in [0.5, 0.6) is 5.75 Å². The molecule has 9 nitrogen and oxygen atoms in total. The van der Waals surface area contributed by atoms with Gasteiger partial charge in [0.25, 0.3) is 0 Å². The van der Waals surface area contributed by atoms with Crippen LogP contribution in [0.4, 0.5) is 4.39 Å². The molecule has 1 fully saturated rings. The van der Waals surface area contributed by atoms with Gasteiger partial charge >= 0.3 is 0 Å². The van der Waals surface area contributed by atoms with E-state index >= 15 is 0 Å². The number of nitrogens with one attached hydrogen (secondary N) is 3. The van der Waals surface area contributed by atoms with Crippen molar-refractivity contribution in [2.75, 3.05) is 26.7 Å². The molecule has 0 saturated heterocycles. The standard InChI is InChI=1S/C31H39FN4O5/c1-31(2,40)27-29(38)35-24(19-20-10-14-23(32)15-11-20)28(37)34-16-6-8-21-7-4-5-9-25(21)41-18-17-33-26(22-12-13-22)30(39)36(27)3/h4-11,14-15,22,24,26-27,33,40H,12-13,16-19H2,1-3H3,(H,34,37)(H,35,38)/t24-,26+,27-/m1/s1. The van der Waals surface area contributed by atoms with Crippen molar-refractivity contribution in [2.24, 2.45) is 5.92 Å². The van der Waals surface area contributed by atoms with Crippen molar-refractivity contribution >= 4 is 23.8 Å². The van der Waals surface area contributed by atoms with E-state index in [4.69, 9.17) is 4.74 Å². The van der Waals surface area contributed by atoms with Crippen LogP contribution in [0.1, 0.15) is 37.8 Å². The van der Waals surface area contributed by atoms with Gasteiger partial charge in [0, 0.05) is 32.1 Å². The molecule has 2 aliphatic rings. The van der Waals surface area contributed by atoms with Gasteiger partial charge in [-0.25, -0.2) is 4.39 Å². The van der Waals surface area contributed by atoms with E-state index in [9.17, 15) is 23.9 Å². The zero-order chi connectivity index (χ0) is 29.6. The summed E-state index contributed by atoms with van der Waals surface area (Å²) in [6, 6.07) is 10.3. The van der Waals surface area contributed by atoms with Gasteiger partial charge in [-0.15, -0.1) is 0 Å². The topological polar surface area (TPSA) is 120 Å². The fraction of sp³-hybridized carbons (Fsp3) is 0.452. The van der Waals surface area contributed by atoms with Crippen LogP contribution in [0.25, 0.3) is 6.08 Å². The van der Waals surface area contributed by atoms with Gasteiger partial charge in [-0.2, -0.15) is 0 Å². The number of hydrogen-bond donors (Lipinski definition) is 4. The minimum Gasteiger partial charge on any atom is -0.492 e. The highest BCUT2D eigenvalue weighted by atomic mass is 19.1. The number of carbonyl (C=O) groups excluding carboxylic acids is 3. The summed E-state index contributed by atoms with van der Waals surface area (Å²) in [4.78, 5) is 42.0. The van der Waals surface area contributed by atoms with Gasteiger partial charge in [-0.3, -0.25) is 14.4 Å². The lowest BCUT2D eigenvalue weighted by molar-refractivity contribution is -0.150. The molecule has 2 aromatic carbocycles. The second-order valence-corrected chi connectivity index (χ2v) is 11.2. The summed E-state index contributed by atoms with van der Waals surface area (Å²) >= 11 is 0. The maximum atomic E-state index is 13.7. The molecular formula is C31H39FN4O5. The number of rotatable bonds is 4. The first kappa shape index (κ1) is 30.2. The number of amides is 3. The second-order valence-electron chi connectivity index (χ2n) is 11.2. The average Bonchev–Trinajstić information content (AvgIpc) is 3.76. The fourth-order valence-corrected chi connectivity index (χ4v) is 5.11. The molecule has 3 atom stereocenters. The third-order valence-corrected chi connectivity index (χ3v) is 7.33. The van der Waals surface area contributed by atoms with Crippen molar-refractivity contribution in [3.63, 3.8) is 0 Å². The summed E-state index contributed by atoms with van der Waals surface area (Å²) in [6.45, 7) is 3.83. The molecule has 220 valence electrons. The maximum absolute atomic E-state index is 13.7. The van der Waals surface area contributed by atoms with E-state index in [1.807, 2.05) is 30.3 Å². The number of likely N-dealkylation sites (N-methyl/N-ethyl adjacent to an activating group) is 1. The minimum atomic E-state index is -1.62. The summed E-state index contributed by atoms with van der Waals surface area (Å²) < 4.78 is 19.5. The number of para-hydroxylation sites is 1. The van der Waals surface area contributed by atoms with E-state index in [0.717, 1.165) is 18.4 Å². The lowest BCUT2D eigenvalue weighted by Crippen LogP contribution is -2.63. The van der Waals surface area contributed by atoms with Gasteiger partial charge in [0.05, 0.1) is 11.6 Å². The van der Waals surface area contributed by atoms with E-state index in [1.54, 1.807) is 18.2 Å². The molecule has 10 heteroatoms. The van der Waals surface area contributed by atoms with Crippen LogP contribution >= 0.6 is 0 Å². The SMILES string of the molecule is CN1C(=O)[C@H](C2CC2)NCCOc2ccccc2C=CCNC(=O)[C@@H](Cc2ccc(F)cc2)NC(=O)[C@@H]1C(C)(C)O. The molecule has 1 heterocycles. The Bertz CT molecular complexity index is 1260. The van der Waals surface area contributed by atoms with Crippen molar-refractivity contribution in [1.29, 1.82) is 0 Å². The summed E-state index contributed by atoms with van der Waals surface area (Å²) in [5.74, 6) is -1.07. The monoisotopic (exact) mass is 566 g/mol. The summed E-state index contributed by atoms with van der Waals surface area (Å²) in [5.41, 5.74) is -0.143. The highest BCUT2D eigenvalue weighted by molar-refractivity contribution is 5.94. The number of halogens is 1. The zero-order valence-corrected chi connectivity index (χ0v) is 23.7. The van der Waals surface area contributed by atoms with Gasteiger partial charge in [0.2, 0.25) is 17.7 Å². The maximum Gasteiger partial charge on any atom is 0.246 e. The average molecular weight is 567 g/mol. The Labute approximate surface area is 240 Å². The van der Waals surface area contributed by atoms with Crippen molar-refractivity contribution in [1.82, 2.24) is 20.9 Å². The molecule has 0 radical (unpaired) electrons. The Morgan fingerprint density at radius 1 is 1.05 bits per heavy atom. The van der Waals surface area contributed by atoms with Gasteiger partial charge in [0.1, 0.15) is 30.3 Å². The smallest absolute Gasteiger partial charge is 0.246 e. The Morgan fingerprint density at radius 2 is 1.76 bits per heavy atom. The lowest BCUT2D eigenvalue weighted by atomic mass is 9.94. The van der Waals surface area contributed by atoms with Crippen LogP contribution in [0.2, 0.25) is 0 Å². The normalized spacial score (nSPS) is 23.5. The lowest BCUT2D eigenvalue weighted by Gasteiger charge is -2.38. The quantitative estimate of drug-likeness (QED) is 0.450. The predicted octanol–water partition coefficient (Wildman–Crippen LogP) is 2.04. The van der Waals surface area contributed by atoms with Crippen LogP contribution in [0.3, 0.4) is 0 Å². The second kappa shape index (κ2) is 13.3. The fourth-order valence-electron chi connectivity index (χ4n) is 5.11. The molecule has 4 rings (SSSR count). The van der Waals surface area contributed by atoms with Crippen LogP contribution in [0, 0.1) is 11.7 Å². The van der Waals surface area contributed by atoms with Gasteiger partial charge < -0.3 is 30.7 Å². The highest BCUT2D eigenvalue weighted by Gasteiger charge is 2.45. The minimum absolute atomic E-state index is 0.0841. The molecule has 1 saturated carbocycles. The first-order valence-electron chi connectivity index (χ1n) is 14.0. The highest BCUT2D eigenvalue weighted by Crippen LogP contribution is 2.34. The zero-order valence-electron chi connectivity index (χ0n) is 23.7. The Kier molecular flexibility index (Phi) is 9.77. The first-order valence-corrected chi connectivity index (χ1v) is 14.0. The first-order chi connectivity index (χ1) is 19.5. The largest absolute Gasteiger partial charge is 0.492 e. The molecule has 0 unspecified atom stereocenters. The number of hydrogen-bond acceptors (Lipinski definition) is 6. The van der Waals surface area contributed by atoms with Gasteiger partial charge in [-0.1, -0.05) is 42.5 Å². The van der Waals surface area contributed by atoms with E-state index < -0.39 is 41.4 Å². The Balaban J connectivity index is 1.65. The Hall–Kier alpha value is -3.76. The summed E-state index contributed by atoms with van der Waals surface area (Å²) in [7, 11) is 1.49. The summed E-state index contributed by atoms with van der Waals surface area (Å²) in [5, 5.41) is 19.9. The molecule has 1 aliphatic heterocycles. The molecule has 0 bridgehead atoms. The van der Waals surface area contributed by atoms with Crippen LogP contribution in [-0.4, -0.2) is 78.2 Å². The van der Waals surface area contributed by atoms with E-state index in [1.165, 1.54) is 37.9 Å². The third kappa shape index (κ3) is 8.14. The molecular weight excluding hydrogens is 527 g/mol. The molecule has 4 N–H and O–H groups in total. The molecule has 0 spiro atoms. The molecule has 2 aromatic rings. The van der Waals surface area contributed by atoms with E-state index in [-0.39, 0.29) is 24.8 Å². The van der Waals surface area contributed by atoms with Crippen LogP contribution in [-0.2, 0) is 20.8 Å². The number of benzene rings is 2. The number of carbonyl (C=O) groups is 3. The molecule has 41 heavy (non-hydrogen) atoms. The number of aliphatic hydroxyl groups is 1. The van der Waals surface area contributed by atoms with Crippen molar-refractivity contribution in [2.45, 2.75) is 56.8 Å². The van der Waals surface area contributed by atoms with Crippen LogP contribution < -0.4 is 20.7 Å². The van der Waals surface area contributed by atoms with E-state index in [2.05, 4.69) is 16.0 Å². The Morgan fingerprint density at radius 3 is 2.44 bits per heavy atom.